The molecule has 0 fully saturated rings. The van der Waals surface area contributed by atoms with Crippen LogP contribution in [0.1, 0.15) is 0 Å². The monoisotopic (exact) mass is 627 g/mol. The van der Waals surface area contributed by atoms with Crippen LogP contribution in [0.2, 0.25) is 0 Å². The van der Waals surface area contributed by atoms with Gasteiger partial charge in [-0.2, -0.15) is 0 Å². The first-order chi connectivity index (χ1) is 24.2. The van der Waals surface area contributed by atoms with E-state index in [-0.39, 0.29) is 0 Å². The number of hydrogen-bond acceptors (Lipinski definition) is 4. The average molecular weight is 628 g/mol. The summed E-state index contributed by atoms with van der Waals surface area (Å²) in [5.74, 6) is 0. The van der Waals surface area contributed by atoms with Gasteiger partial charge in [0.05, 0.1) is 22.8 Å². The highest BCUT2D eigenvalue weighted by Gasteiger charge is 2.12. The summed E-state index contributed by atoms with van der Waals surface area (Å²) in [6.45, 7) is 0. The minimum absolute atomic E-state index is 0.811. The minimum atomic E-state index is 0.811. The van der Waals surface area contributed by atoms with E-state index in [1.165, 1.54) is 22.3 Å². The van der Waals surface area contributed by atoms with Gasteiger partial charge in [0, 0.05) is 28.7 Å². The summed E-state index contributed by atoms with van der Waals surface area (Å²) in [7, 11) is 0. The van der Waals surface area contributed by atoms with E-state index in [2.05, 4.69) is 114 Å². The summed E-state index contributed by atoms with van der Waals surface area (Å²) in [5, 5.41) is 2.28. The van der Waals surface area contributed by atoms with Gasteiger partial charge in [-0.1, -0.05) is 115 Å². The SMILES string of the molecule is c1ccc(-c2cc(-c3ccccn3)nc(-c3ccc(-c4ccc(-c5ccc(-c6ccc7oc8ccccc8c7c6)cc5)cc4)cn3)c2)cc1. The van der Waals surface area contributed by atoms with E-state index in [9.17, 15) is 0 Å². The number of furan rings is 1. The molecular formula is C45H29N3O. The second-order valence-electron chi connectivity index (χ2n) is 12.1. The molecule has 4 heteroatoms. The smallest absolute Gasteiger partial charge is 0.135 e. The highest BCUT2D eigenvalue weighted by atomic mass is 16.3. The van der Waals surface area contributed by atoms with E-state index < -0.39 is 0 Å². The maximum absolute atomic E-state index is 6.02. The van der Waals surface area contributed by atoms with Crippen molar-refractivity contribution in [2.45, 2.75) is 0 Å². The van der Waals surface area contributed by atoms with Gasteiger partial charge in [0.25, 0.3) is 0 Å². The van der Waals surface area contributed by atoms with E-state index in [1.54, 1.807) is 6.20 Å². The van der Waals surface area contributed by atoms with Gasteiger partial charge in [-0.25, -0.2) is 4.98 Å². The van der Waals surface area contributed by atoms with E-state index in [0.717, 1.165) is 67.0 Å². The number of para-hydroxylation sites is 1. The largest absolute Gasteiger partial charge is 0.456 e. The van der Waals surface area contributed by atoms with Gasteiger partial charge in [0.15, 0.2) is 0 Å². The summed E-state index contributed by atoms with van der Waals surface area (Å²) < 4.78 is 6.02. The van der Waals surface area contributed by atoms with Crippen molar-refractivity contribution < 1.29 is 4.42 Å². The van der Waals surface area contributed by atoms with Gasteiger partial charge in [-0.3, -0.25) is 9.97 Å². The Morgan fingerprint density at radius 3 is 1.55 bits per heavy atom. The third-order valence-electron chi connectivity index (χ3n) is 9.03. The molecule has 0 radical (unpaired) electrons. The zero-order chi connectivity index (χ0) is 32.6. The topological polar surface area (TPSA) is 51.8 Å². The van der Waals surface area contributed by atoms with E-state index in [0.29, 0.717) is 0 Å². The van der Waals surface area contributed by atoms with Crippen LogP contribution in [-0.2, 0) is 0 Å². The van der Waals surface area contributed by atoms with E-state index in [4.69, 9.17) is 14.4 Å². The van der Waals surface area contributed by atoms with Crippen molar-refractivity contribution in [1.82, 2.24) is 15.0 Å². The Morgan fingerprint density at radius 1 is 0.327 bits per heavy atom. The predicted octanol–water partition coefficient (Wildman–Crippen LogP) is 11.8. The highest BCUT2D eigenvalue weighted by Crippen LogP contribution is 2.34. The first-order valence-electron chi connectivity index (χ1n) is 16.3. The lowest BCUT2D eigenvalue weighted by Gasteiger charge is -2.10. The summed E-state index contributed by atoms with van der Waals surface area (Å²) in [6, 6.07) is 56.6. The maximum atomic E-state index is 6.02. The molecule has 9 rings (SSSR count). The quantitative estimate of drug-likeness (QED) is 0.184. The second kappa shape index (κ2) is 12.2. The molecule has 4 nitrogen and oxygen atoms in total. The van der Waals surface area contributed by atoms with Crippen molar-refractivity contribution in [2.75, 3.05) is 0 Å². The molecule has 0 amide bonds. The molecule has 0 unspecified atom stereocenters. The zero-order valence-electron chi connectivity index (χ0n) is 26.5. The first kappa shape index (κ1) is 28.6. The highest BCUT2D eigenvalue weighted by molar-refractivity contribution is 6.06. The van der Waals surface area contributed by atoms with Gasteiger partial charge >= 0.3 is 0 Å². The minimum Gasteiger partial charge on any atom is -0.456 e. The molecule has 9 aromatic rings. The van der Waals surface area contributed by atoms with E-state index in [1.807, 2.05) is 60.8 Å². The van der Waals surface area contributed by atoms with Gasteiger partial charge in [0.2, 0.25) is 0 Å². The van der Waals surface area contributed by atoms with Crippen LogP contribution >= 0.6 is 0 Å². The fourth-order valence-electron chi connectivity index (χ4n) is 6.44. The van der Waals surface area contributed by atoms with Crippen molar-refractivity contribution in [3.8, 4) is 67.3 Å². The second-order valence-corrected chi connectivity index (χ2v) is 12.1. The van der Waals surface area contributed by atoms with Crippen LogP contribution in [0.3, 0.4) is 0 Å². The third kappa shape index (κ3) is 5.56. The Balaban J connectivity index is 0.964. The molecule has 0 aliphatic carbocycles. The summed E-state index contributed by atoms with van der Waals surface area (Å²) in [6.07, 6.45) is 3.72. The molecule has 0 N–H and O–H groups in total. The average Bonchev–Trinajstić information content (AvgIpc) is 3.57. The number of nitrogens with zero attached hydrogens (tertiary/aromatic N) is 3. The Bertz CT molecular complexity index is 2500. The number of fused-ring (bicyclic) bond motifs is 3. The van der Waals surface area contributed by atoms with Gasteiger partial charge in [-0.05, 0) is 87.5 Å². The molecule has 4 aromatic heterocycles. The van der Waals surface area contributed by atoms with Crippen molar-refractivity contribution in [3.05, 3.63) is 176 Å². The van der Waals surface area contributed by atoms with Crippen LogP contribution in [0.5, 0.6) is 0 Å². The molecule has 0 aliphatic rings. The molecule has 0 spiro atoms. The van der Waals surface area contributed by atoms with E-state index >= 15 is 0 Å². The molecule has 0 saturated heterocycles. The lowest BCUT2D eigenvalue weighted by Crippen LogP contribution is -1.94. The van der Waals surface area contributed by atoms with Crippen molar-refractivity contribution in [1.29, 1.82) is 0 Å². The van der Waals surface area contributed by atoms with Crippen LogP contribution in [0.15, 0.2) is 181 Å². The standard InChI is InChI=1S/C45H29N3O/c1-2-8-30(9-3-1)37-27-42(40-11-6-7-25-46-40)48-43(28-37)41-23-21-36(29-47-41)34-19-15-32(16-20-34)31-13-17-33(18-14-31)35-22-24-45-39(26-35)38-10-4-5-12-44(38)49-45/h1-29H. The number of rotatable bonds is 6. The van der Waals surface area contributed by atoms with Crippen LogP contribution in [0.4, 0.5) is 0 Å². The van der Waals surface area contributed by atoms with Gasteiger partial charge in [0.1, 0.15) is 11.2 Å². The van der Waals surface area contributed by atoms with Crippen molar-refractivity contribution >= 4 is 21.9 Å². The fourth-order valence-corrected chi connectivity index (χ4v) is 6.44. The number of benzene rings is 5. The fraction of sp³-hybridized carbons (Fsp3) is 0. The summed E-state index contributed by atoms with van der Waals surface area (Å²) in [5.41, 5.74) is 14.2. The molecule has 0 saturated carbocycles. The summed E-state index contributed by atoms with van der Waals surface area (Å²) in [4.78, 5) is 14.4. The lowest BCUT2D eigenvalue weighted by molar-refractivity contribution is 0.669. The molecule has 5 aromatic carbocycles. The molecule has 49 heavy (non-hydrogen) atoms. The molecule has 4 heterocycles. The Labute approximate surface area is 284 Å². The molecule has 0 bridgehead atoms. The maximum Gasteiger partial charge on any atom is 0.135 e. The van der Waals surface area contributed by atoms with Crippen molar-refractivity contribution in [2.24, 2.45) is 0 Å². The third-order valence-corrected chi connectivity index (χ3v) is 9.03. The molecular weight excluding hydrogens is 599 g/mol. The first-order valence-corrected chi connectivity index (χ1v) is 16.3. The predicted molar refractivity (Wildman–Crippen MR) is 200 cm³/mol. The lowest BCUT2D eigenvalue weighted by atomic mass is 9.97. The molecule has 0 aliphatic heterocycles. The Morgan fingerprint density at radius 2 is 0.878 bits per heavy atom. The number of pyridine rings is 3. The van der Waals surface area contributed by atoms with Gasteiger partial charge < -0.3 is 4.42 Å². The Kier molecular flexibility index (Phi) is 7.10. The normalized spacial score (nSPS) is 11.3. The zero-order valence-corrected chi connectivity index (χ0v) is 26.5. The summed E-state index contributed by atoms with van der Waals surface area (Å²) >= 11 is 0. The number of hydrogen-bond donors (Lipinski definition) is 0. The molecule has 230 valence electrons. The number of aromatic nitrogens is 3. The van der Waals surface area contributed by atoms with Crippen LogP contribution in [0.25, 0.3) is 89.2 Å². The van der Waals surface area contributed by atoms with Crippen molar-refractivity contribution in [3.63, 3.8) is 0 Å². The molecule has 0 atom stereocenters. The van der Waals surface area contributed by atoms with Gasteiger partial charge in [-0.15, -0.1) is 0 Å². The van der Waals surface area contributed by atoms with Crippen LogP contribution in [0, 0.1) is 0 Å². The Hall–Kier alpha value is -6.65. The van der Waals surface area contributed by atoms with Crippen LogP contribution < -0.4 is 0 Å². The van der Waals surface area contributed by atoms with Crippen LogP contribution in [-0.4, -0.2) is 15.0 Å².